The van der Waals surface area contributed by atoms with Gasteiger partial charge in [0.1, 0.15) is 12.1 Å². The Morgan fingerprint density at radius 1 is 0.925 bits per heavy atom. The lowest BCUT2D eigenvalue weighted by molar-refractivity contribution is -0.153. The summed E-state index contributed by atoms with van der Waals surface area (Å²) in [5, 5.41) is 12.8. The fourth-order valence-electron chi connectivity index (χ4n) is 6.79. The van der Waals surface area contributed by atoms with E-state index >= 15 is 0 Å². The van der Waals surface area contributed by atoms with Gasteiger partial charge >= 0.3 is 5.97 Å². The van der Waals surface area contributed by atoms with E-state index in [1.54, 1.807) is 11.9 Å². The Kier molecular flexibility index (Phi) is 12.0. The van der Waals surface area contributed by atoms with Crippen LogP contribution in [-0.4, -0.2) is 95.4 Å². The van der Waals surface area contributed by atoms with Crippen molar-refractivity contribution in [3.63, 3.8) is 0 Å². The van der Waals surface area contributed by atoms with Crippen molar-refractivity contribution in [2.75, 3.05) is 27.7 Å². The number of likely N-dealkylation sites (tertiary alicyclic amines) is 1. The van der Waals surface area contributed by atoms with E-state index in [9.17, 15) is 24.3 Å². The van der Waals surface area contributed by atoms with Crippen LogP contribution in [0.4, 0.5) is 0 Å². The highest BCUT2D eigenvalue weighted by atomic mass is 16.4. The number of amides is 3. The van der Waals surface area contributed by atoms with Gasteiger partial charge in [0.2, 0.25) is 17.7 Å². The van der Waals surface area contributed by atoms with Gasteiger partial charge in [-0.25, -0.2) is 4.79 Å². The van der Waals surface area contributed by atoms with Gasteiger partial charge in [0.25, 0.3) is 0 Å². The minimum absolute atomic E-state index is 0.0674. The molecule has 9 heteroatoms. The minimum atomic E-state index is -0.986. The number of carboxylic acids is 1. The minimum Gasteiger partial charge on any atom is -0.480 e. The Balaban J connectivity index is 2.22. The Hall–Kier alpha value is -2.16. The van der Waals surface area contributed by atoms with E-state index in [0.29, 0.717) is 6.42 Å². The third-order valence-electron chi connectivity index (χ3n) is 9.26. The summed E-state index contributed by atoms with van der Waals surface area (Å²) in [6.45, 7) is 14.6. The average Bonchev–Trinajstić information content (AvgIpc) is 3.31. The molecule has 9 nitrogen and oxygen atoms in total. The zero-order valence-corrected chi connectivity index (χ0v) is 26.7. The van der Waals surface area contributed by atoms with Crippen LogP contribution in [0.3, 0.4) is 0 Å². The zero-order valence-electron chi connectivity index (χ0n) is 26.7. The lowest BCUT2D eigenvalue weighted by Crippen LogP contribution is -2.60. The molecule has 1 aliphatic carbocycles. The second kappa shape index (κ2) is 14.1. The molecule has 1 saturated heterocycles. The molecular formula is C31H56N4O5. The maximum atomic E-state index is 14.0. The average molecular weight is 565 g/mol. The third kappa shape index (κ3) is 8.20. The van der Waals surface area contributed by atoms with Crippen LogP contribution >= 0.6 is 0 Å². The van der Waals surface area contributed by atoms with Gasteiger partial charge in [0.15, 0.2) is 0 Å². The van der Waals surface area contributed by atoms with Gasteiger partial charge in [-0.1, -0.05) is 61.3 Å². The molecule has 2 N–H and O–H groups in total. The van der Waals surface area contributed by atoms with Crippen molar-refractivity contribution in [3.05, 3.63) is 0 Å². The van der Waals surface area contributed by atoms with Crippen LogP contribution in [-0.2, 0) is 19.2 Å². The molecule has 40 heavy (non-hydrogen) atoms. The molecule has 0 radical (unpaired) electrons. The molecule has 2 aliphatic rings. The molecule has 1 saturated carbocycles. The van der Waals surface area contributed by atoms with Gasteiger partial charge in [-0.2, -0.15) is 0 Å². The van der Waals surface area contributed by atoms with Gasteiger partial charge in [0, 0.05) is 26.1 Å². The van der Waals surface area contributed by atoms with Crippen LogP contribution in [0.25, 0.3) is 0 Å². The van der Waals surface area contributed by atoms with Crippen LogP contribution < -0.4 is 5.32 Å². The van der Waals surface area contributed by atoms with Gasteiger partial charge < -0.3 is 20.2 Å². The number of carbonyl (C=O) groups is 4. The lowest BCUT2D eigenvalue weighted by atomic mass is 9.82. The molecule has 1 heterocycles. The first-order valence-electron chi connectivity index (χ1n) is 15.3. The first kappa shape index (κ1) is 34.0. The molecule has 6 atom stereocenters. The number of nitrogens with one attached hydrogen (secondary N) is 1. The normalized spacial score (nSPS) is 24.4. The SMILES string of the molecule is CC(C)[C@@H](CC1CCC[C@H]1C(=O)N(C)[C@@H](C(=O)O)C(C)C)N(C)C(=O)[C@@H](NC(=O)[C@H]1CCCCN1C)C(C)(C)C. The van der Waals surface area contributed by atoms with Gasteiger partial charge in [0.05, 0.1) is 6.04 Å². The number of likely N-dealkylation sites (N-methyl/N-ethyl adjacent to an activating group) is 3. The largest absolute Gasteiger partial charge is 0.480 e. The zero-order chi connectivity index (χ0) is 30.5. The van der Waals surface area contributed by atoms with E-state index in [4.69, 9.17) is 0 Å². The Bertz CT molecular complexity index is 899. The molecule has 0 aromatic rings. The second-order valence-corrected chi connectivity index (χ2v) is 14.1. The standard InChI is InChI=1S/C31H56N4O5/c1-19(2)24(18-21-14-13-15-22(21)28(37)35(10)25(20(3)4)30(39)40)34(9)29(38)26(31(5,6)7)32-27(36)23-16-11-12-17-33(23)8/h19-26H,11-18H2,1-10H3,(H,32,36)(H,39,40)/t21?,22-,23-,24-,25-,26-/m1/s1. The van der Waals surface area contributed by atoms with Gasteiger partial charge in [-0.05, 0) is 68.9 Å². The molecule has 230 valence electrons. The molecule has 3 amide bonds. The number of carbonyl (C=O) groups excluding carboxylic acids is 3. The number of aliphatic carboxylic acids is 1. The topological polar surface area (TPSA) is 110 Å². The summed E-state index contributed by atoms with van der Waals surface area (Å²) in [7, 11) is 5.39. The monoisotopic (exact) mass is 564 g/mol. The summed E-state index contributed by atoms with van der Waals surface area (Å²) in [6.07, 6.45) is 6.07. The van der Waals surface area contributed by atoms with E-state index in [0.717, 1.165) is 45.1 Å². The van der Waals surface area contributed by atoms with E-state index in [2.05, 4.69) is 24.1 Å². The fourth-order valence-corrected chi connectivity index (χ4v) is 6.79. The van der Waals surface area contributed by atoms with Crippen LogP contribution in [0.2, 0.25) is 0 Å². The van der Waals surface area contributed by atoms with Crippen LogP contribution in [0.1, 0.15) is 93.4 Å². The Morgan fingerprint density at radius 2 is 1.55 bits per heavy atom. The quantitative estimate of drug-likeness (QED) is 0.394. The molecule has 1 unspecified atom stereocenters. The Morgan fingerprint density at radius 3 is 2.05 bits per heavy atom. The molecule has 0 spiro atoms. The Labute approximate surface area is 242 Å². The summed E-state index contributed by atoms with van der Waals surface area (Å²) in [6, 6.07) is -1.87. The maximum Gasteiger partial charge on any atom is 0.326 e. The van der Waals surface area contributed by atoms with Crippen molar-refractivity contribution in [2.24, 2.45) is 29.1 Å². The first-order valence-corrected chi connectivity index (χ1v) is 15.3. The number of carboxylic acid groups (broad SMARTS) is 1. The highest BCUT2D eigenvalue weighted by Crippen LogP contribution is 2.39. The number of rotatable bonds is 11. The molecule has 0 aromatic carbocycles. The van der Waals surface area contributed by atoms with Gasteiger partial charge in [-0.15, -0.1) is 0 Å². The highest BCUT2D eigenvalue weighted by Gasteiger charge is 2.43. The molecule has 0 bridgehead atoms. The van der Waals surface area contributed by atoms with E-state index in [1.807, 2.05) is 48.7 Å². The van der Waals surface area contributed by atoms with E-state index in [1.165, 1.54) is 4.90 Å². The van der Waals surface area contributed by atoms with Crippen LogP contribution in [0.5, 0.6) is 0 Å². The van der Waals surface area contributed by atoms with Crippen molar-refractivity contribution in [3.8, 4) is 0 Å². The summed E-state index contributed by atoms with van der Waals surface area (Å²) in [4.78, 5) is 58.0. The van der Waals surface area contributed by atoms with Crippen molar-refractivity contribution >= 4 is 23.7 Å². The fraction of sp³-hybridized carbons (Fsp3) is 0.871. The summed E-state index contributed by atoms with van der Waals surface area (Å²) in [5.74, 6) is -1.54. The highest BCUT2D eigenvalue weighted by molar-refractivity contribution is 5.90. The van der Waals surface area contributed by atoms with Crippen LogP contribution in [0, 0.1) is 29.1 Å². The molecule has 0 aromatic heterocycles. The van der Waals surface area contributed by atoms with E-state index < -0.39 is 23.5 Å². The smallest absolute Gasteiger partial charge is 0.326 e. The van der Waals surface area contributed by atoms with E-state index in [-0.39, 0.29) is 53.5 Å². The number of hydrogen-bond acceptors (Lipinski definition) is 5. The molecule has 2 rings (SSSR count). The molecule has 1 aliphatic heterocycles. The number of piperidine rings is 1. The summed E-state index contributed by atoms with van der Waals surface area (Å²) < 4.78 is 0. The number of nitrogens with zero attached hydrogens (tertiary/aromatic N) is 3. The third-order valence-corrected chi connectivity index (χ3v) is 9.26. The van der Waals surface area contributed by atoms with Gasteiger partial charge in [-0.3, -0.25) is 19.3 Å². The lowest BCUT2D eigenvalue weighted by Gasteiger charge is -2.41. The maximum absolute atomic E-state index is 14.0. The van der Waals surface area contributed by atoms with Crippen molar-refractivity contribution in [1.29, 1.82) is 0 Å². The summed E-state index contributed by atoms with van der Waals surface area (Å²) >= 11 is 0. The van der Waals surface area contributed by atoms with Crippen molar-refractivity contribution in [2.45, 2.75) is 118 Å². The molecule has 2 fully saturated rings. The van der Waals surface area contributed by atoms with Crippen molar-refractivity contribution < 1.29 is 24.3 Å². The predicted molar refractivity (Wildman–Crippen MR) is 158 cm³/mol. The van der Waals surface area contributed by atoms with Crippen LogP contribution in [0.15, 0.2) is 0 Å². The summed E-state index contributed by atoms with van der Waals surface area (Å²) in [5.41, 5.74) is -0.479. The number of hydrogen-bond donors (Lipinski definition) is 2. The molecular weight excluding hydrogens is 508 g/mol. The van der Waals surface area contributed by atoms with Crippen molar-refractivity contribution in [1.82, 2.24) is 20.0 Å². The first-order chi connectivity index (χ1) is 18.5. The second-order valence-electron chi connectivity index (χ2n) is 14.1. The predicted octanol–water partition coefficient (Wildman–Crippen LogP) is 3.86.